The molecule has 2 aromatic carbocycles. The number of carbonyl (C=O) groups excluding carboxylic acids is 1. The van der Waals surface area contributed by atoms with Gasteiger partial charge in [-0.05, 0) is 60.7 Å². The monoisotopic (exact) mass is 421 g/mol. The van der Waals surface area contributed by atoms with Crippen LogP contribution in [0.2, 0.25) is 0 Å². The van der Waals surface area contributed by atoms with Crippen LogP contribution in [0.4, 0.5) is 8.78 Å². The zero-order valence-electron chi connectivity index (χ0n) is 16.2. The van der Waals surface area contributed by atoms with Crippen LogP contribution in [0.3, 0.4) is 0 Å². The van der Waals surface area contributed by atoms with Crippen molar-refractivity contribution in [3.63, 3.8) is 0 Å². The van der Waals surface area contributed by atoms with Gasteiger partial charge in [0.05, 0.1) is 17.9 Å². The summed E-state index contributed by atoms with van der Waals surface area (Å²) in [6, 6.07) is 16.0. The highest BCUT2D eigenvalue weighted by Crippen LogP contribution is 2.18. The van der Waals surface area contributed by atoms with Gasteiger partial charge in [-0.2, -0.15) is 10.2 Å². The van der Waals surface area contributed by atoms with Gasteiger partial charge in [0.1, 0.15) is 17.3 Å². The summed E-state index contributed by atoms with van der Waals surface area (Å²) in [4.78, 5) is 24.4. The first-order valence-electron chi connectivity index (χ1n) is 9.43. The van der Waals surface area contributed by atoms with Crippen LogP contribution in [-0.2, 0) is 6.54 Å². The molecule has 1 amide bonds. The van der Waals surface area contributed by atoms with Gasteiger partial charge >= 0.3 is 0 Å². The Kier molecular flexibility index (Phi) is 5.65. The van der Waals surface area contributed by atoms with Crippen molar-refractivity contribution in [3.8, 4) is 22.5 Å². The summed E-state index contributed by atoms with van der Waals surface area (Å²) < 4.78 is 27.4. The van der Waals surface area contributed by atoms with E-state index in [4.69, 9.17) is 0 Å². The van der Waals surface area contributed by atoms with E-state index in [1.54, 1.807) is 36.4 Å². The first-order chi connectivity index (χ1) is 15.0. The first kappa shape index (κ1) is 20.1. The van der Waals surface area contributed by atoms with Crippen LogP contribution in [0, 0.1) is 11.6 Å². The highest BCUT2D eigenvalue weighted by molar-refractivity contribution is 5.93. The predicted octanol–water partition coefficient (Wildman–Crippen LogP) is 3.01. The van der Waals surface area contributed by atoms with Gasteiger partial charge in [-0.3, -0.25) is 14.7 Å². The van der Waals surface area contributed by atoms with Crippen molar-refractivity contribution < 1.29 is 13.6 Å². The van der Waals surface area contributed by atoms with Crippen molar-refractivity contribution in [1.29, 1.82) is 0 Å². The maximum absolute atomic E-state index is 13.1. The minimum Gasteiger partial charge on any atom is -0.349 e. The molecule has 0 fully saturated rings. The zero-order valence-corrected chi connectivity index (χ0v) is 16.2. The molecule has 0 spiro atoms. The van der Waals surface area contributed by atoms with Crippen molar-refractivity contribution in [2.75, 3.05) is 6.54 Å². The fourth-order valence-electron chi connectivity index (χ4n) is 2.96. The van der Waals surface area contributed by atoms with Gasteiger partial charge in [0.15, 0.2) is 0 Å². The molecule has 0 bridgehead atoms. The lowest BCUT2D eigenvalue weighted by Crippen LogP contribution is -2.32. The fraction of sp³-hybridized carbons (Fsp3) is 0.0909. The van der Waals surface area contributed by atoms with Gasteiger partial charge in [-0.1, -0.05) is 0 Å². The van der Waals surface area contributed by atoms with Crippen LogP contribution in [0.5, 0.6) is 0 Å². The zero-order chi connectivity index (χ0) is 21.8. The van der Waals surface area contributed by atoms with E-state index in [-0.39, 0.29) is 36.0 Å². The highest BCUT2D eigenvalue weighted by Gasteiger charge is 2.11. The lowest BCUT2D eigenvalue weighted by molar-refractivity contribution is 0.0946. The van der Waals surface area contributed by atoms with Crippen LogP contribution in [-0.4, -0.2) is 32.4 Å². The first-order valence-corrected chi connectivity index (χ1v) is 9.43. The molecular formula is C22H17F2N5O2. The third-order valence-corrected chi connectivity index (χ3v) is 4.58. The molecule has 0 aliphatic carbocycles. The number of halogens is 2. The van der Waals surface area contributed by atoms with Crippen LogP contribution in [0.15, 0.2) is 71.5 Å². The number of rotatable bonds is 6. The number of carbonyl (C=O) groups is 1. The predicted molar refractivity (Wildman–Crippen MR) is 110 cm³/mol. The maximum Gasteiger partial charge on any atom is 0.269 e. The Morgan fingerprint density at radius 1 is 0.903 bits per heavy atom. The van der Waals surface area contributed by atoms with Crippen LogP contribution in [0.1, 0.15) is 10.5 Å². The summed E-state index contributed by atoms with van der Waals surface area (Å²) >= 11 is 0. The standard InChI is InChI=1S/C22H17F2N5O2/c23-16-5-1-14(2-6-16)18-9-10-21(30)29(28-18)12-11-25-22(31)20-13-19(26-27-20)15-3-7-17(24)8-4-15/h1-10,13H,11-12H2,(H,25,31)(H,26,27). The van der Waals surface area contributed by atoms with Crippen molar-refractivity contribution in [2.24, 2.45) is 0 Å². The summed E-state index contributed by atoms with van der Waals surface area (Å²) in [6.07, 6.45) is 0. The molecule has 0 aliphatic rings. The van der Waals surface area contributed by atoms with Crippen molar-refractivity contribution in [1.82, 2.24) is 25.3 Å². The van der Waals surface area contributed by atoms with Gasteiger partial charge < -0.3 is 5.32 Å². The minimum absolute atomic E-state index is 0.151. The largest absolute Gasteiger partial charge is 0.349 e. The molecule has 0 atom stereocenters. The third-order valence-electron chi connectivity index (χ3n) is 4.58. The molecule has 4 aromatic rings. The Balaban J connectivity index is 1.39. The summed E-state index contributed by atoms with van der Waals surface area (Å²) in [6.45, 7) is 0.308. The lowest BCUT2D eigenvalue weighted by atomic mass is 10.1. The molecule has 2 aromatic heterocycles. The second-order valence-electron chi connectivity index (χ2n) is 6.72. The maximum atomic E-state index is 13.1. The lowest BCUT2D eigenvalue weighted by Gasteiger charge is -2.08. The van der Waals surface area contributed by atoms with Crippen LogP contribution in [0.25, 0.3) is 22.5 Å². The van der Waals surface area contributed by atoms with Crippen molar-refractivity contribution in [2.45, 2.75) is 6.54 Å². The molecule has 7 nitrogen and oxygen atoms in total. The number of hydrogen-bond donors (Lipinski definition) is 2. The molecule has 0 aliphatic heterocycles. The minimum atomic E-state index is -0.399. The second kappa shape index (κ2) is 8.70. The van der Waals surface area contributed by atoms with Gasteiger partial charge in [0.25, 0.3) is 11.5 Å². The number of nitrogens with one attached hydrogen (secondary N) is 2. The van der Waals surface area contributed by atoms with Gasteiger partial charge in [-0.15, -0.1) is 0 Å². The Hall–Kier alpha value is -4.14. The molecule has 2 N–H and O–H groups in total. The summed E-state index contributed by atoms with van der Waals surface area (Å²) in [5.74, 6) is -1.12. The van der Waals surface area contributed by atoms with Gasteiger partial charge in [-0.25, -0.2) is 13.5 Å². The Bertz CT molecular complexity index is 1260. The second-order valence-corrected chi connectivity index (χ2v) is 6.72. The number of amides is 1. The van der Waals surface area contributed by atoms with Crippen LogP contribution < -0.4 is 10.9 Å². The number of H-pyrrole nitrogens is 1. The number of hydrogen-bond acceptors (Lipinski definition) is 4. The van der Waals surface area contributed by atoms with E-state index in [0.717, 1.165) is 0 Å². The highest BCUT2D eigenvalue weighted by atomic mass is 19.1. The molecule has 2 heterocycles. The normalized spacial score (nSPS) is 10.8. The van der Waals surface area contributed by atoms with E-state index in [2.05, 4.69) is 20.6 Å². The molecule has 0 saturated carbocycles. The fourth-order valence-corrected chi connectivity index (χ4v) is 2.96. The molecule has 31 heavy (non-hydrogen) atoms. The van der Waals surface area contributed by atoms with E-state index in [1.165, 1.54) is 35.0 Å². The summed E-state index contributed by atoms with van der Waals surface area (Å²) in [7, 11) is 0. The Morgan fingerprint density at radius 2 is 1.52 bits per heavy atom. The molecule has 0 radical (unpaired) electrons. The molecule has 0 unspecified atom stereocenters. The van der Waals surface area contributed by atoms with E-state index in [9.17, 15) is 18.4 Å². The summed E-state index contributed by atoms with van der Waals surface area (Å²) in [5, 5.41) is 13.7. The molecule has 0 saturated heterocycles. The van der Waals surface area contributed by atoms with E-state index >= 15 is 0 Å². The third kappa shape index (κ3) is 4.72. The van der Waals surface area contributed by atoms with Gasteiger partial charge in [0, 0.05) is 23.7 Å². The smallest absolute Gasteiger partial charge is 0.269 e. The molecule has 156 valence electrons. The summed E-state index contributed by atoms with van der Waals surface area (Å²) in [5.41, 5.74) is 2.29. The van der Waals surface area contributed by atoms with Crippen molar-refractivity contribution >= 4 is 5.91 Å². The molecular weight excluding hydrogens is 404 g/mol. The Labute approximate surface area is 175 Å². The van der Waals surface area contributed by atoms with Gasteiger partial charge in [0.2, 0.25) is 0 Å². The van der Waals surface area contributed by atoms with Crippen molar-refractivity contribution in [3.05, 3.63) is 94.4 Å². The number of aromatic nitrogens is 4. The topological polar surface area (TPSA) is 92.7 Å². The Morgan fingerprint density at radius 3 is 2.16 bits per heavy atom. The quantitative estimate of drug-likeness (QED) is 0.501. The SMILES string of the molecule is O=C(NCCn1nc(-c2ccc(F)cc2)ccc1=O)c1cc(-c2ccc(F)cc2)n[nH]1. The van der Waals surface area contributed by atoms with Crippen LogP contribution >= 0.6 is 0 Å². The number of benzene rings is 2. The average molecular weight is 421 g/mol. The molecule has 9 heteroatoms. The van der Waals surface area contributed by atoms with E-state index in [1.807, 2.05) is 0 Å². The van der Waals surface area contributed by atoms with E-state index < -0.39 is 5.91 Å². The average Bonchev–Trinajstić information content (AvgIpc) is 3.26. The molecule has 4 rings (SSSR count). The number of nitrogens with zero attached hydrogens (tertiary/aromatic N) is 3. The number of aromatic amines is 1. The van der Waals surface area contributed by atoms with E-state index in [0.29, 0.717) is 22.5 Å².